The summed E-state index contributed by atoms with van der Waals surface area (Å²) < 4.78 is 0. The van der Waals surface area contributed by atoms with Crippen molar-refractivity contribution in [3.63, 3.8) is 0 Å². The highest BCUT2D eigenvalue weighted by Gasteiger charge is 2.23. The van der Waals surface area contributed by atoms with Crippen molar-refractivity contribution in [2.75, 3.05) is 6.61 Å². The molecule has 1 aromatic carbocycles. The molecule has 0 unspecified atom stereocenters. The predicted molar refractivity (Wildman–Crippen MR) is 60.8 cm³/mol. The molecule has 0 heterocycles. The maximum Gasteiger partial charge on any atom is 0.0522 e. The lowest BCUT2D eigenvalue weighted by molar-refractivity contribution is 0.217. The first-order valence-electron chi connectivity index (χ1n) is 5.07. The van der Waals surface area contributed by atoms with Crippen molar-refractivity contribution in [1.29, 1.82) is 0 Å². The first-order valence-corrected chi connectivity index (χ1v) is 5.07. The first-order chi connectivity index (χ1) is 6.38. The van der Waals surface area contributed by atoms with Crippen LogP contribution in [0.2, 0.25) is 0 Å². The van der Waals surface area contributed by atoms with Gasteiger partial charge in [0, 0.05) is 5.41 Å². The minimum atomic E-state index is -0.137. The zero-order valence-corrected chi connectivity index (χ0v) is 9.81. The van der Waals surface area contributed by atoms with Gasteiger partial charge in [-0.15, -0.1) is 0 Å². The van der Waals surface area contributed by atoms with Gasteiger partial charge in [0.15, 0.2) is 0 Å². The van der Waals surface area contributed by atoms with Crippen LogP contribution in [0.25, 0.3) is 0 Å². The van der Waals surface area contributed by atoms with Gasteiger partial charge >= 0.3 is 0 Å². The molecule has 0 aliphatic carbocycles. The van der Waals surface area contributed by atoms with Crippen molar-refractivity contribution in [1.82, 2.24) is 0 Å². The van der Waals surface area contributed by atoms with E-state index in [1.165, 1.54) is 22.3 Å². The molecule has 0 amide bonds. The van der Waals surface area contributed by atoms with Crippen LogP contribution in [0.1, 0.15) is 36.1 Å². The molecular formula is C13H20O. The van der Waals surface area contributed by atoms with Gasteiger partial charge < -0.3 is 5.11 Å². The van der Waals surface area contributed by atoms with E-state index < -0.39 is 0 Å². The largest absolute Gasteiger partial charge is 0.395 e. The molecule has 0 aliphatic rings. The SMILES string of the molecule is Cc1cc(C)c(C(C)(C)CO)c(C)c1. The Balaban J connectivity index is 3.35. The zero-order valence-electron chi connectivity index (χ0n) is 9.81. The fourth-order valence-corrected chi connectivity index (χ4v) is 2.33. The standard InChI is InChI=1S/C13H20O/c1-9-6-10(2)12(11(3)7-9)13(4,5)8-14/h6-7,14H,8H2,1-5H3. The third-order valence-corrected chi connectivity index (χ3v) is 2.75. The van der Waals surface area contributed by atoms with Crippen molar-refractivity contribution in [2.45, 2.75) is 40.0 Å². The van der Waals surface area contributed by atoms with E-state index in [0.29, 0.717) is 0 Å². The molecule has 1 N–H and O–H groups in total. The van der Waals surface area contributed by atoms with E-state index in [2.05, 4.69) is 46.8 Å². The molecule has 78 valence electrons. The van der Waals surface area contributed by atoms with Crippen LogP contribution >= 0.6 is 0 Å². The average Bonchev–Trinajstić information content (AvgIpc) is 2.01. The molecule has 1 rings (SSSR count). The summed E-state index contributed by atoms with van der Waals surface area (Å²) in [5, 5.41) is 9.37. The number of aliphatic hydroxyl groups excluding tert-OH is 1. The lowest BCUT2D eigenvalue weighted by atomic mass is 9.79. The summed E-state index contributed by atoms with van der Waals surface area (Å²) in [7, 11) is 0. The maximum atomic E-state index is 9.37. The molecule has 0 bridgehead atoms. The molecule has 0 atom stereocenters. The molecule has 1 aromatic rings. The Morgan fingerprint density at radius 3 is 1.86 bits per heavy atom. The van der Waals surface area contributed by atoms with Gasteiger partial charge in [-0.3, -0.25) is 0 Å². The summed E-state index contributed by atoms with van der Waals surface area (Å²) in [6.07, 6.45) is 0. The highest BCUT2D eigenvalue weighted by molar-refractivity contribution is 5.42. The monoisotopic (exact) mass is 192 g/mol. The predicted octanol–water partition coefficient (Wildman–Crippen LogP) is 2.88. The molecule has 0 spiro atoms. The van der Waals surface area contributed by atoms with E-state index in [4.69, 9.17) is 0 Å². The second-order valence-electron chi connectivity index (χ2n) is 4.82. The Morgan fingerprint density at radius 2 is 1.50 bits per heavy atom. The van der Waals surface area contributed by atoms with Crippen molar-refractivity contribution >= 4 is 0 Å². The van der Waals surface area contributed by atoms with Gasteiger partial charge in [0.1, 0.15) is 0 Å². The van der Waals surface area contributed by atoms with E-state index in [1.54, 1.807) is 0 Å². The Morgan fingerprint density at radius 1 is 1.07 bits per heavy atom. The van der Waals surface area contributed by atoms with Crippen LogP contribution in [-0.2, 0) is 5.41 Å². The van der Waals surface area contributed by atoms with Gasteiger partial charge in [0.2, 0.25) is 0 Å². The van der Waals surface area contributed by atoms with Gasteiger partial charge in [-0.25, -0.2) is 0 Å². The molecule has 14 heavy (non-hydrogen) atoms. The number of aliphatic hydroxyl groups is 1. The molecule has 1 heteroatoms. The Hall–Kier alpha value is -0.820. The number of aryl methyl sites for hydroxylation is 3. The summed E-state index contributed by atoms with van der Waals surface area (Å²) in [6.45, 7) is 10.7. The zero-order chi connectivity index (χ0) is 10.9. The molecule has 1 nitrogen and oxygen atoms in total. The third-order valence-electron chi connectivity index (χ3n) is 2.75. The quantitative estimate of drug-likeness (QED) is 0.764. The number of hydrogen-bond acceptors (Lipinski definition) is 1. The van der Waals surface area contributed by atoms with E-state index >= 15 is 0 Å². The van der Waals surface area contributed by atoms with Gasteiger partial charge in [0.25, 0.3) is 0 Å². The fraction of sp³-hybridized carbons (Fsp3) is 0.538. The number of benzene rings is 1. The summed E-state index contributed by atoms with van der Waals surface area (Å²) in [5.74, 6) is 0. The molecule has 0 radical (unpaired) electrons. The summed E-state index contributed by atoms with van der Waals surface area (Å²) in [5.41, 5.74) is 4.99. The molecule has 0 saturated carbocycles. The van der Waals surface area contributed by atoms with Crippen LogP contribution in [0.15, 0.2) is 12.1 Å². The first kappa shape index (κ1) is 11.3. The van der Waals surface area contributed by atoms with E-state index in [-0.39, 0.29) is 12.0 Å². The Kier molecular flexibility index (Phi) is 3.01. The summed E-state index contributed by atoms with van der Waals surface area (Å²) in [4.78, 5) is 0. The summed E-state index contributed by atoms with van der Waals surface area (Å²) in [6, 6.07) is 4.36. The smallest absolute Gasteiger partial charge is 0.0522 e. The van der Waals surface area contributed by atoms with E-state index in [9.17, 15) is 5.11 Å². The number of hydrogen-bond donors (Lipinski definition) is 1. The lowest BCUT2D eigenvalue weighted by Gasteiger charge is -2.27. The average molecular weight is 192 g/mol. The Bertz CT molecular complexity index is 314. The molecule has 0 aliphatic heterocycles. The highest BCUT2D eigenvalue weighted by Crippen LogP contribution is 2.29. The third kappa shape index (κ3) is 1.98. The second kappa shape index (κ2) is 3.74. The van der Waals surface area contributed by atoms with Crippen LogP contribution in [0.4, 0.5) is 0 Å². The van der Waals surface area contributed by atoms with Gasteiger partial charge in [-0.2, -0.15) is 0 Å². The fourth-order valence-electron chi connectivity index (χ4n) is 2.33. The van der Waals surface area contributed by atoms with Gasteiger partial charge in [-0.1, -0.05) is 31.5 Å². The maximum absolute atomic E-state index is 9.37. The van der Waals surface area contributed by atoms with Crippen LogP contribution in [-0.4, -0.2) is 11.7 Å². The Labute approximate surface area is 86.8 Å². The topological polar surface area (TPSA) is 20.2 Å². The van der Waals surface area contributed by atoms with Crippen LogP contribution in [0, 0.1) is 20.8 Å². The number of rotatable bonds is 2. The summed E-state index contributed by atoms with van der Waals surface area (Å²) >= 11 is 0. The minimum Gasteiger partial charge on any atom is -0.395 e. The van der Waals surface area contributed by atoms with Crippen LogP contribution in [0.5, 0.6) is 0 Å². The van der Waals surface area contributed by atoms with E-state index in [1.807, 2.05) is 0 Å². The van der Waals surface area contributed by atoms with Crippen LogP contribution in [0.3, 0.4) is 0 Å². The minimum absolute atomic E-state index is 0.137. The normalized spacial score (nSPS) is 11.9. The van der Waals surface area contributed by atoms with Crippen LogP contribution < -0.4 is 0 Å². The van der Waals surface area contributed by atoms with Crippen molar-refractivity contribution in [3.05, 3.63) is 34.4 Å². The van der Waals surface area contributed by atoms with Gasteiger partial charge in [0.05, 0.1) is 6.61 Å². The highest BCUT2D eigenvalue weighted by atomic mass is 16.3. The van der Waals surface area contributed by atoms with Crippen molar-refractivity contribution in [3.8, 4) is 0 Å². The lowest BCUT2D eigenvalue weighted by Crippen LogP contribution is -2.24. The molecule has 0 fully saturated rings. The van der Waals surface area contributed by atoms with Crippen molar-refractivity contribution < 1.29 is 5.11 Å². The molecule has 0 saturated heterocycles. The second-order valence-corrected chi connectivity index (χ2v) is 4.82. The molecule has 0 aromatic heterocycles. The van der Waals surface area contributed by atoms with Gasteiger partial charge in [-0.05, 0) is 37.5 Å². The van der Waals surface area contributed by atoms with Crippen molar-refractivity contribution in [2.24, 2.45) is 0 Å². The molecular weight excluding hydrogens is 172 g/mol. The van der Waals surface area contributed by atoms with E-state index in [0.717, 1.165) is 0 Å².